The van der Waals surface area contributed by atoms with Crippen LogP contribution in [0.5, 0.6) is 5.75 Å². The molecule has 2 aromatic rings. The Bertz CT molecular complexity index is 646. The fraction of sp³-hybridized carbons (Fsp3) is 0.471. The third kappa shape index (κ3) is 2.23. The van der Waals surface area contributed by atoms with Gasteiger partial charge in [-0.05, 0) is 37.0 Å². The van der Waals surface area contributed by atoms with E-state index in [9.17, 15) is 0 Å². The van der Waals surface area contributed by atoms with Crippen LogP contribution in [-0.4, -0.2) is 37.8 Å². The number of hydrogen-bond acceptors (Lipinski definition) is 4. The molecule has 0 spiro atoms. The molecule has 1 aromatic carbocycles. The van der Waals surface area contributed by atoms with Crippen LogP contribution in [0.15, 0.2) is 30.5 Å². The first-order chi connectivity index (χ1) is 10.3. The maximum absolute atomic E-state index is 5.74. The third-order valence-corrected chi connectivity index (χ3v) is 4.73. The Hall–Kier alpha value is -1.81. The van der Waals surface area contributed by atoms with E-state index in [0.29, 0.717) is 6.61 Å². The van der Waals surface area contributed by atoms with Gasteiger partial charge in [0.15, 0.2) is 0 Å². The van der Waals surface area contributed by atoms with Gasteiger partial charge in [0.05, 0.1) is 24.0 Å². The topological polar surface area (TPSA) is 37.4 Å². The molecule has 110 valence electrons. The van der Waals surface area contributed by atoms with Crippen molar-refractivity contribution in [3.8, 4) is 5.75 Å². The number of nitrogens with zero attached hydrogens (tertiary/aromatic N) is 2. The van der Waals surface area contributed by atoms with Crippen molar-refractivity contribution in [1.82, 2.24) is 10.3 Å². The molecule has 1 N–H and O–H groups in total. The molecule has 2 saturated heterocycles. The van der Waals surface area contributed by atoms with E-state index in [1.54, 1.807) is 0 Å². The highest BCUT2D eigenvalue weighted by Gasteiger charge is 2.36. The minimum absolute atomic E-state index is 0.683. The van der Waals surface area contributed by atoms with Gasteiger partial charge >= 0.3 is 0 Å². The zero-order valence-corrected chi connectivity index (χ0v) is 12.4. The van der Waals surface area contributed by atoms with Crippen LogP contribution < -0.4 is 15.0 Å². The zero-order valence-electron chi connectivity index (χ0n) is 12.4. The van der Waals surface area contributed by atoms with Gasteiger partial charge in [0.2, 0.25) is 0 Å². The molecule has 0 bridgehead atoms. The van der Waals surface area contributed by atoms with Crippen molar-refractivity contribution >= 4 is 16.6 Å². The van der Waals surface area contributed by atoms with Crippen LogP contribution in [0.2, 0.25) is 0 Å². The normalized spacial score (nSPS) is 24.5. The van der Waals surface area contributed by atoms with Crippen molar-refractivity contribution in [2.45, 2.75) is 6.92 Å². The van der Waals surface area contributed by atoms with Gasteiger partial charge in [0, 0.05) is 31.6 Å². The van der Waals surface area contributed by atoms with E-state index in [1.165, 1.54) is 5.69 Å². The molecule has 4 nitrogen and oxygen atoms in total. The van der Waals surface area contributed by atoms with E-state index in [-0.39, 0.29) is 0 Å². The van der Waals surface area contributed by atoms with Crippen LogP contribution in [0.1, 0.15) is 6.92 Å². The first-order valence-electron chi connectivity index (χ1n) is 7.82. The molecule has 4 heteroatoms. The maximum atomic E-state index is 5.74. The fourth-order valence-electron chi connectivity index (χ4n) is 3.63. The highest BCUT2D eigenvalue weighted by molar-refractivity contribution is 5.87. The molecule has 1 aromatic heterocycles. The molecule has 0 radical (unpaired) electrons. The van der Waals surface area contributed by atoms with E-state index >= 15 is 0 Å². The van der Waals surface area contributed by atoms with E-state index in [2.05, 4.69) is 21.3 Å². The Labute approximate surface area is 125 Å². The number of pyridine rings is 1. The molecule has 0 saturated carbocycles. The van der Waals surface area contributed by atoms with Crippen LogP contribution in [-0.2, 0) is 0 Å². The number of fused-ring (bicyclic) bond motifs is 2. The lowest BCUT2D eigenvalue weighted by Crippen LogP contribution is -2.25. The zero-order chi connectivity index (χ0) is 14.2. The standard InChI is InChI=1S/C17H21N3O/c1-2-21-17-5-3-4-16-15(17)6-14(9-19-16)20-10-12-7-18-8-13(12)11-20/h3-6,9,12-13,18H,2,7-8,10-11H2,1H3/t12-,13+. The number of rotatable bonds is 3. The van der Waals surface area contributed by atoms with Crippen molar-refractivity contribution in [3.05, 3.63) is 30.5 Å². The highest BCUT2D eigenvalue weighted by atomic mass is 16.5. The Morgan fingerprint density at radius 2 is 2.10 bits per heavy atom. The van der Waals surface area contributed by atoms with Crippen molar-refractivity contribution in [2.75, 3.05) is 37.7 Å². The van der Waals surface area contributed by atoms with E-state index in [1.807, 2.05) is 31.3 Å². The van der Waals surface area contributed by atoms with E-state index < -0.39 is 0 Å². The van der Waals surface area contributed by atoms with Gasteiger partial charge in [0.25, 0.3) is 0 Å². The third-order valence-electron chi connectivity index (χ3n) is 4.73. The number of ether oxygens (including phenoxy) is 1. The largest absolute Gasteiger partial charge is 0.493 e. The summed E-state index contributed by atoms with van der Waals surface area (Å²) in [7, 11) is 0. The molecule has 4 rings (SSSR count). The summed E-state index contributed by atoms with van der Waals surface area (Å²) < 4.78 is 5.74. The lowest BCUT2D eigenvalue weighted by molar-refractivity contribution is 0.344. The number of anilines is 1. The van der Waals surface area contributed by atoms with E-state index in [0.717, 1.165) is 54.7 Å². The van der Waals surface area contributed by atoms with E-state index in [4.69, 9.17) is 4.74 Å². The molecule has 3 heterocycles. The molecule has 0 unspecified atom stereocenters. The van der Waals surface area contributed by atoms with Gasteiger partial charge in [-0.25, -0.2) is 0 Å². The quantitative estimate of drug-likeness (QED) is 0.938. The fourth-order valence-corrected chi connectivity index (χ4v) is 3.63. The summed E-state index contributed by atoms with van der Waals surface area (Å²) in [5, 5.41) is 4.61. The number of benzene rings is 1. The second kappa shape index (κ2) is 5.19. The van der Waals surface area contributed by atoms with Crippen LogP contribution in [0.4, 0.5) is 5.69 Å². The smallest absolute Gasteiger partial charge is 0.128 e. The molecule has 21 heavy (non-hydrogen) atoms. The van der Waals surface area contributed by atoms with Crippen molar-refractivity contribution in [1.29, 1.82) is 0 Å². The summed E-state index contributed by atoms with van der Waals surface area (Å²) in [5.74, 6) is 2.52. The van der Waals surface area contributed by atoms with Crippen molar-refractivity contribution < 1.29 is 4.74 Å². The first kappa shape index (κ1) is 12.9. The summed E-state index contributed by atoms with van der Waals surface area (Å²) in [6, 6.07) is 8.32. The van der Waals surface area contributed by atoms with Crippen LogP contribution in [0.25, 0.3) is 10.9 Å². The molecule has 2 aliphatic heterocycles. The monoisotopic (exact) mass is 283 g/mol. The molecular weight excluding hydrogens is 262 g/mol. The number of aromatic nitrogens is 1. The molecule has 0 aliphatic carbocycles. The van der Waals surface area contributed by atoms with Gasteiger partial charge in [-0.15, -0.1) is 0 Å². The Morgan fingerprint density at radius 1 is 1.29 bits per heavy atom. The minimum Gasteiger partial charge on any atom is -0.493 e. The summed E-state index contributed by atoms with van der Waals surface area (Å²) >= 11 is 0. The molecule has 2 fully saturated rings. The maximum Gasteiger partial charge on any atom is 0.128 e. The van der Waals surface area contributed by atoms with Gasteiger partial charge in [-0.2, -0.15) is 0 Å². The second-order valence-electron chi connectivity index (χ2n) is 6.03. The highest BCUT2D eigenvalue weighted by Crippen LogP contribution is 2.33. The summed E-state index contributed by atoms with van der Waals surface area (Å²) in [6.07, 6.45) is 2.01. The Morgan fingerprint density at radius 3 is 2.86 bits per heavy atom. The average molecular weight is 283 g/mol. The Kier molecular flexibility index (Phi) is 3.19. The van der Waals surface area contributed by atoms with Crippen molar-refractivity contribution in [3.63, 3.8) is 0 Å². The predicted molar refractivity (Wildman–Crippen MR) is 85.0 cm³/mol. The Balaban J connectivity index is 1.68. The van der Waals surface area contributed by atoms with Crippen LogP contribution >= 0.6 is 0 Å². The van der Waals surface area contributed by atoms with Crippen LogP contribution in [0, 0.1) is 11.8 Å². The summed E-state index contributed by atoms with van der Waals surface area (Å²) in [6.45, 7) is 7.30. The van der Waals surface area contributed by atoms with Gasteiger partial charge in [-0.3, -0.25) is 4.98 Å². The second-order valence-corrected chi connectivity index (χ2v) is 6.03. The molecular formula is C17H21N3O. The lowest BCUT2D eigenvalue weighted by atomic mass is 10.0. The summed E-state index contributed by atoms with van der Waals surface area (Å²) in [4.78, 5) is 7.10. The van der Waals surface area contributed by atoms with Gasteiger partial charge < -0.3 is 15.0 Å². The van der Waals surface area contributed by atoms with Gasteiger partial charge in [-0.1, -0.05) is 6.07 Å². The van der Waals surface area contributed by atoms with Crippen molar-refractivity contribution in [2.24, 2.45) is 11.8 Å². The molecule has 0 amide bonds. The molecule has 2 atom stereocenters. The van der Waals surface area contributed by atoms with Crippen LogP contribution in [0.3, 0.4) is 0 Å². The number of nitrogens with one attached hydrogen (secondary N) is 1. The predicted octanol–water partition coefficient (Wildman–Crippen LogP) is 2.29. The molecule has 2 aliphatic rings. The minimum atomic E-state index is 0.683. The number of hydrogen-bond donors (Lipinski definition) is 1. The summed E-state index contributed by atoms with van der Waals surface area (Å²) in [5.41, 5.74) is 2.23. The average Bonchev–Trinajstić information content (AvgIpc) is 3.09. The SMILES string of the molecule is CCOc1cccc2ncc(N3C[C@H]4CNC[C@H]4C3)cc12. The van der Waals surface area contributed by atoms with Gasteiger partial charge in [0.1, 0.15) is 5.75 Å². The first-order valence-corrected chi connectivity index (χ1v) is 7.82. The lowest BCUT2D eigenvalue weighted by Gasteiger charge is -2.20.